The first-order chi connectivity index (χ1) is 14.4. The summed E-state index contributed by atoms with van der Waals surface area (Å²) in [6.45, 7) is 7.02. The van der Waals surface area contributed by atoms with Crippen molar-refractivity contribution in [3.63, 3.8) is 0 Å². The van der Waals surface area contributed by atoms with E-state index in [1.165, 1.54) is 22.5 Å². The first-order valence-corrected chi connectivity index (χ1v) is 10.3. The van der Waals surface area contributed by atoms with E-state index in [0.717, 1.165) is 37.8 Å². The van der Waals surface area contributed by atoms with Gasteiger partial charge in [0, 0.05) is 46.0 Å². The molecule has 3 aliphatic heterocycles. The number of rotatable bonds is 5. The number of fused-ring (bicyclic) bond motifs is 1. The molecule has 0 aromatic heterocycles. The Kier molecular flexibility index (Phi) is 5.46. The van der Waals surface area contributed by atoms with Gasteiger partial charge in [-0.2, -0.15) is 0 Å². The summed E-state index contributed by atoms with van der Waals surface area (Å²) < 4.78 is 7.26. The molecule has 2 saturated heterocycles. The molecule has 1 atom stereocenters. The van der Waals surface area contributed by atoms with Gasteiger partial charge in [-0.25, -0.2) is 9.37 Å². The Morgan fingerprint density at radius 2 is 1.73 bits per heavy atom. The van der Waals surface area contributed by atoms with E-state index in [-0.39, 0.29) is 11.9 Å². The van der Waals surface area contributed by atoms with Crippen LogP contribution < -0.4 is 9.64 Å². The highest BCUT2D eigenvalue weighted by Gasteiger charge is 2.52. The number of hydrogen-bond donors (Lipinski definition) is 0. The standard InChI is InChI=1S/C21H29N6O3/c1-5-27-17(22-19-18(27)20(28)24(3)21(29)23(19)2)14-25-10-12-26(13-11-25)15-6-8-16(30-4)9-7-15/h6-9,18H,5,10-14H2,1-4H3/q+1. The van der Waals surface area contributed by atoms with Crippen molar-refractivity contribution in [1.82, 2.24) is 14.7 Å². The van der Waals surface area contributed by atoms with Gasteiger partial charge < -0.3 is 9.64 Å². The molecule has 9 heteroatoms. The predicted molar refractivity (Wildman–Crippen MR) is 115 cm³/mol. The topological polar surface area (TPSA) is 71.7 Å². The van der Waals surface area contributed by atoms with E-state index in [0.29, 0.717) is 18.9 Å². The van der Waals surface area contributed by atoms with Crippen LogP contribution in [0.2, 0.25) is 0 Å². The molecule has 1 aromatic rings. The number of carbonyl (C=O) groups is 2. The molecule has 0 radical (unpaired) electrons. The number of amidine groups is 2. The SMILES string of the molecule is CC[N+]1=C(CN2CCN(c3ccc(OC)cc3)CC2)N=C2C1C(=O)N(C)C(=O)N2C. The second-order valence-electron chi connectivity index (χ2n) is 7.77. The van der Waals surface area contributed by atoms with Gasteiger partial charge in [0.05, 0.1) is 13.7 Å². The van der Waals surface area contributed by atoms with Crippen molar-refractivity contribution in [1.29, 1.82) is 0 Å². The van der Waals surface area contributed by atoms with Crippen LogP contribution in [0.4, 0.5) is 10.5 Å². The maximum absolute atomic E-state index is 12.7. The number of anilines is 1. The number of benzene rings is 1. The summed E-state index contributed by atoms with van der Waals surface area (Å²) in [4.78, 5) is 37.1. The minimum atomic E-state index is -0.502. The van der Waals surface area contributed by atoms with Gasteiger partial charge in [-0.05, 0) is 36.2 Å². The van der Waals surface area contributed by atoms with Crippen LogP contribution in [0.3, 0.4) is 0 Å². The van der Waals surface area contributed by atoms with Crippen LogP contribution in [0, 0.1) is 0 Å². The third-order valence-corrected chi connectivity index (χ3v) is 6.13. The quantitative estimate of drug-likeness (QED) is 0.660. The first-order valence-electron chi connectivity index (χ1n) is 10.3. The van der Waals surface area contributed by atoms with E-state index in [4.69, 9.17) is 9.73 Å². The lowest BCUT2D eigenvalue weighted by molar-refractivity contribution is -0.532. The van der Waals surface area contributed by atoms with Crippen LogP contribution in [0.25, 0.3) is 0 Å². The van der Waals surface area contributed by atoms with E-state index in [1.54, 1.807) is 14.2 Å². The Balaban J connectivity index is 1.44. The summed E-state index contributed by atoms with van der Waals surface area (Å²) >= 11 is 0. The maximum atomic E-state index is 12.7. The van der Waals surface area contributed by atoms with Gasteiger partial charge in [0.2, 0.25) is 0 Å². The van der Waals surface area contributed by atoms with Crippen molar-refractivity contribution < 1.29 is 18.9 Å². The molecule has 30 heavy (non-hydrogen) atoms. The van der Waals surface area contributed by atoms with Crippen LogP contribution in [-0.2, 0) is 4.79 Å². The van der Waals surface area contributed by atoms with Crippen molar-refractivity contribution in [3.05, 3.63) is 24.3 Å². The van der Waals surface area contributed by atoms with Crippen LogP contribution in [-0.4, -0.2) is 109 Å². The minimum absolute atomic E-state index is 0.210. The van der Waals surface area contributed by atoms with Crippen LogP contribution >= 0.6 is 0 Å². The lowest BCUT2D eigenvalue weighted by atomic mass is 10.1. The highest BCUT2D eigenvalue weighted by molar-refractivity contribution is 6.23. The Morgan fingerprint density at radius 1 is 1.07 bits per heavy atom. The lowest BCUT2D eigenvalue weighted by Crippen LogP contribution is -2.61. The fourth-order valence-corrected chi connectivity index (χ4v) is 4.30. The molecule has 3 heterocycles. The Bertz CT molecular complexity index is 902. The summed E-state index contributed by atoms with van der Waals surface area (Å²) in [5.41, 5.74) is 1.19. The highest BCUT2D eigenvalue weighted by atomic mass is 16.5. The van der Waals surface area contributed by atoms with Crippen molar-refractivity contribution in [2.24, 2.45) is 4.99 Å². The van der Waals surface area contributed by atoms with Gasteiger partial charge in [-0.15, -0.1) is 0 Å². The first kappa shape index (κ1) is 20.3. The second kappa shape index (κ2) is 8.06. The monoisotopic (exact) mass is 413 g/mol. The predicted octanol–water partition coefficient (Wildman–Crippen LogP) is 0.553. The molecular weight excluding hydrogens is 384 g/mol. The zero-order valence-electron chi connectivity index (χ0n) is 18.0. The molecule has 2 fully saturated rings. The van der Waals surface area contributed by atoms with Crippen molar-refractivity contribution in [3.8, 4) is 5.75 Å². The van der Waals surface area contributed by atoms with Gasteiger partial charge in [-0.1, -0.05) is 0 Å². The number of carbonyl (C=O) groups excluding carboxylic acids is 2. The number of nitrogens with zero attached hydrogens (tertiary/aromatic N) is 6. The van der Waals surface area contributed by atoms with Gasteiger partial charge in [0.1, 0.15) is 12.3 Å². The molecule has 9 nitrogen and oxygen atoms in total. The van der Waals surface area contributed by atoms with E-state index >= 15 is 0 Å². The Hall–Kier alpha value is -2.94. The zero-order valence-corrected chi connectivity index (χ0v) is 18.0. The van der Waals surface area contributed by atoms with Gasteiger partial charge in [-0.3, -0.25) is 19.5 Å². The number of urea groups is 1. The maximum Gasteiger partial charge on any atom is 0.333 e. The number of piperazine rings is 1. The third-order valence-electron chi connectivity index (χ3n) is 6.13. The lowest BCUT2D eigenvalue weighted by Gasteiger charge is -2.35. The van der Waals surface area contributed by atoms with E-state index in [2.05, 4.69) is 21.9 Å². The summed E-state index contributed by atoms with van der Waals surface area (Å²) in [5.74, 6) is 2.05. The van der Waals surface area contributed by atoms with Crippen LogP contribution in [0.15, 0.2) is 29.3 Å². The summed E-state index contributed by atoms with van der Waals surface area (Å²) in [7, 11) is 4.89. The number of methoxy groups -OCH3 is 1. The van der Waals surface area contributed by atoms with Crippen molar-refractivity contribution >= 4 is 29.3 Å². The molecule has 0 saturated carbocycles. The Morgan fingerprint density at radius 3 is 2.33 bits per heavy atom. The highest BCUT2D eigenvalue weighted by Crippen LogP contribution is 2.22. The zero-order chi connectivity index (χ0) is 21.4. The van der Waals surface area contributed by atoms with Crippen LogP contribution in [0.1, 0.15) is 6.92 Å². The molecule has 1 unspecified atom stereocenters. The summed E-state index contributed by atoms with van der Waals surface area (Å²) in [6.07, 6.45) is 0. The van der Waals surface area contributed by atoms with E-state index in [1.807, 2.05) is 23.6 Å². The number of ether oxygens (including phenoxy) is 1. The van der Waals surface area contributed by atoms with Crippen molar-refractivity contribution in [2.45, 2.75) is 13.0 Å². The van der Waals surface area contributed by atoms with Crippen LogP contribution in [0.5, 0.6) is 5.75 Å². The largest absolute Gasteiger partial charge is 0.497 e. The number of amides is 3. The molecule has 3 amide bonds. The number of likely N-dealkylation sites (N-methyl/N-ethyl adjacent to an activating group) is 3. The number of imide groups is 1. The van der Waals surface area contributed by atoms with Gasteiger partial charge in [0.15, 0.2) is 0 Å². The molecule has 0 aliphatic carbocycles. The Labute approximate surface area is 176 Å². The number of hydrogen-bond acceptors (Lipinski definition) is 6. The molecule has 3 aliphatic rings. The van der Waals surface area contributed by atoms with Gasteiger partial charge in [0.25, 0.3) is 17.8 Å². The molecule has 0 bridgehead atoms. The minimum Gasteiger partial charge on any atom is -0.497 e. The van der Waals surface area contributed by atoms with E-state index < -0.39 is 6.04 Å². The van der Waals surface area contributed by atoms with E-state index in [9.17, 15) is 9.59 Å². The molecule has 4 rings (SSSR count). The second-order valence-corrected chi connectivity index (χ2v) is 7.77. The number of aliphatic imine (C=N–C) groups is 1. The van der Waals surface area contributed by atoms with Gasteiger partial charge >= 0.3 is 11.9 Å². The van der Waals surface area contributed by atoms with Crippen molar-refractivity contribution in [2.75, 3.05) is 65.4 Å². The molecule has 160 valence electrons. The normalized spacial score (nSPS) is 22.6. The fourth-order valence-electron chi connectivity index (χ4n) is 4.30. The fraction of sp³-hybridized carbons (Fsp3) is 0.524. The average molecular weight is 414 g/mol. The third kappa shape index (κ3) is 3.43. The summed E-state index contributed by atoms with van der Waals surface area (Å²) in [6, 6.07) is 7.31. The molecule has 0 spiro atoms. The molecular formula is C21H29N6O3+. The molecule has 1 aromatic carbocycles. The smallest absolute Gasteiger partial charge is 0.333 e. The molecule has 0 N–H and O–H groups in total. The summed E-state index contributed by atoms with van der Waals surface area (Å²) in [5, 5.41) is 0. The average Bonchev–Trinajstić information content (AvgIpc) is 3.15.